The fourth-order valence-electron chi connectivity index (χ4n) is 3.22. The zero-order valence-electron chi connectivity index (χ0n) is 16.4. The maximum atomic E-state index is 13.3. The third-order valence-corrected chi connectivity index (χ3v) is 7.72. The van der Waals surface area contributed by atoms with Crippen LogP contribution in [0.25, 0.3) is 16.6 Å². The molecular weight excluding hydrogens is 416 g/mol. The van der Waals surface area contributed by atoms with Crippen LogP contribution in [0.4, 0.5) is 0 Å². The lowest BCUT2D eigenvalue weighted by Gasteiger charge is -2.15. The van der Waals surface area contributed by atoms with Gasteiger partial charge in [-0.1, -0.05) is 60.3 Å². The summed E-state index contributed by atoms with van der Waals surface area (Å²) in [5, 5.41) is 1.01. The first kappa shape index (κ1) is 20.4. The summed E-state index contributed by atoms with van der Waals surface area (Å²) in [6, 6.07) is 23.2. The van der Waals surface area contributed by atoms with E-state index in [2.05, 4.69) is 4.98 Å². The number of fused-ring (bicyclic) bond motifs is 1. The Kier molecular flexibility index (Phi) is 5.74. The SMILES string of the molecule is Cc1ccccc1-n1c(SCCS(=O)(=O)c2ccccc2)nc2ccccc2c1=O. The van der Waals surface area contributed by atoms with Gasteiger partial charge in [-0.15, -0.1) is 0 Å². The highest BCUT2D eigenvalue weighted by molar-refractivity contribution is 8.00. The first-order valence-corrected chi connectivity index (χ1v) is 12.1. The van der Waals surface area contributed by atoms with Gasteiger partial charge in [0, 0.05) is 5.75 Å². The number of aryl methyl sites for hydroxylation is 1. The van der Waals surface area contributed by atoms with E-state index in [4.69, 9.17) is 0 Å². The number of nitrogens with zero attached hydrogens (tertiary/aromatic N) is 2. The van der Waals surface area contributed by atoms with Crippen molar-refractivity contribution >= 4 is 32.5 Å². The Labute approximate surface area is 179 Å². The van der Waals surface area contributed by atoms with E-state index >= 15 is 0 Å². The van der Waals surface area contributed by atoms with E-state index in [9.17, 15) is 13.2 Å². The van der Waals surface area contributed by atoms with E-state index in [0.29, 0.717) is 21.0 Å². The van der Waals surface area contributed by atoms with Gasteiger partial charge >= 0.3 is 0 Å². The molecule has 5 nitrogen and oxygen atoms in total. The molecule has 3 aromatic carbocycles. The van der Waals surface area contributed by atoms with Gasteiger partial charge in [0.1, 0.15) is 0 Å². The Balaban J connectivity index is 1.72. The molecule has 0 radical (unpaired) electrons. The summed E-state index contributed by atoms with van der Waals surface area (Å²) in [5.74, 6) is 0.242. The van der Waals surface area contributed by atoms with Gasteiger partial charge in [-0.2, -0.15) is 0 Å². The largest absolute Gasteiger partial charge is 0.268 e. The maximum Gasteiger partial charge on any atom is 0.266 e. The molecule has 1 heterocycles. The number of benzene rings is 3. The van der Waals surface area contributed by atoms with Gasteiger partial charge in [-0.05, 0) is 42.8 Å². The van der Waals surface area contributed by atoms with Crippen LogP contribution < -0.4 is 5.56 Å². The van der Waals surface area contributed by atoms with Crippen molar-refractivity contribution in [1.29, 1.82) is 0 Å². The highest BCUT2D eigenvalue weighted by atomic mass is 32.2. The standard InChI is InChI=1S/C23H20N2O3S2/c1-17-9-5-8-14-21(17)25-22(26)19-12-6-7-13-20(19)24-23(25)29-15-16-30(27,28)18-10-3-2-4-11-18/h2-14H,15-16H2,1H3. The fourth-order valence-corrected chi connectivity index (χ4v) is 5.90. The molecule has 152 valence electrons. The summed E-state index contributed by atoms with van der Waals surface area (Å²) in [4.78, 5) is 18.3. The highest BCUT2D eigenvalue weighted by Crippen LogP contribution is 2.24. The molecule has 0 aliphatic rings. The van der Waals surface area contributed by atoms with Gasteiger partial charge in [-0.25, -0.2) is 13.4 Å². The highest BCUT2D eigenvalue weighted by Gasteiger charge is 2.17. The molecule has 1 aromatic heterocycles. The molecule has 0 bridgehead atoms. The van der Waals surface area contributed by atoms with Gasteiger partial charge in [0.2, 0.25) is 0 Å². The molecular formula is C23H20N2O3S2. The lowest BCUT2D eigenvalue weighted by Crippen LogP contribution is -2.23. The van der Waals surface area contributed by atoms with Crippen LogP contribution in [0.1, 0.15) is 5.56 Å². The minimum Gasteiger partial charge on any atom is -0.268 e. The van der Waals surface area contributed by atoms with Crippen molar-refractivity contribution in [2.75, 3.05) is 11.5 Å². The smallest absolute Gasteiger partial charge is 0.266 e. The zero-order chi connectivity index (χ0) is 21.1. The monoisotopic (exact) mass is 436 g/mol. The van der Waals surface area contributed by atoms with Crippen molar-refractivity contribution in [3.8, 4) is 5.69 Å². The van der Waals surface area contributed by atoms with Gasteiger partial charge < -0.3 is 0 Å². The van der Waals surface area contributed by atoms with E-state index in [0.717, 1.165) is 11.3 Å². The molecule has 0 saturated heterocycles. The molecule has 0 N–H and O–H groups in total. The molecule has 0 spiro atoms. The third kappa shape index (κ3) is 4.04. The molecule has 7 heteroatoms. The summed E-state index contributed by atoms with van der Waals surface area (Å²) in [6.45, 7) is 1.94. The summed E-state index contributed by atoms with van der Waals surface area (Å²) < 4.78 is 26.8. The fraction of sp³-hybridized carbons (Fsp3) is 0.130. The summed E-state index contributed by atoms with van der Waals surface area (Å²) in [5.41, 5.74) is 2.12. The Morgan fingerprint density at radius 1 is 0.900 bits per heavy atom. The number of aromatic nitrogens is 2. The van der Waals surface area contributed by atoms with Gasteiger partial charge in [-0.3, -0.25) is 9.36 Å². The molecule has 0 fully saturated rings. The first-order chi connectivity index (χ1) is 14.5. The van der Waals surface area contributed by atoms with E-state index in [1.807, 2.05) is 43.3 Å². The van der Waals surface area contributed by atoms with Crippen LogP contribution in [-0.2, 0) is 9.84 Å². The molecule has 0 saturated carbocycles. The predicted octanol–water partition coefficient (Wildman–Crippen LogP) is 4.26. The van der Waals surface area contributed by atoms with E-state index in [1.54, 1.807) is 47.0 Å². The first-order valence-electron chi connectivity index (χ1n) is 9.46. The third-order valence-electron chi connectivity index (χ3n) is 4.79. The average Bonchev–Trinajstić information content (AvgIpc) is 2.75. The van der Waals surface area contributed by atoms with E-state index < -0.39 is 9.84 Å². The predicted molar refractivity (Wildman–Crippen MR) is 121 cm³/mol. The van der Waals surface area contributed by atoms with Gasteiger partial charge in [0.05, 0.1) is 27.2 Å². The van der Waals surface area contributed by atoms with Crippen molar-refractivity contribution in [3.63, 3.8) is 0 Å². The van der Waals surface area contributed by atoms with Crippen molar-refractivity contribution in [3.05, 3.63) is 94.8 Å². The van der Waals surface area contributed by atoms with Crippen LogP contribution in [0.3, 0.4) is 0 Å². The molecule has 30 heavy (non-hydrogen) atoms. The zero-order valence-corrected chi connectivity index (χ0v) is 18.0. The number of hydrogen-bond donors (Lipinski definition) is 0. The number of para-hydroxylation sites is 2. The Bertz CT molecular complexity index is 1360. The van der Waals surface area contributed by atoms with Gasteiger partial charge in [0.15, 0.2) is 15.0 Å². The second-order valence-electron chi connectivity index (χ2n) is 6.82. The summed E-state index contributed by atoms with van der Waals surface area (Å²) >= 11 is 1.27. The second-order valence-corrected chi connectivity index (χ2v) is 9.99. The molecule has 0 atom stereocenters. The van der Waals surface area contributed by atoms with Crippen LogP contribution >= 0.6 is 11.8 Å². The average molecular weight is 437 g/mol. The topological polar surface area (TPSA) is 69.0 Å². The Morgan fingerprint density at radius 2 is 1.57 bits per heavy atom. The van der Waals surface area contributed by atoms with Crippen molar-refractivity contribution in [2.24, 2.45) is 0 Å². The van der Waals surface area contributed by atoms with Crippen LogP contribution in [-0.4, -0.2) is 29.5 Å². The van der Waals surface area contributed by atoms with Crippen molar-refractivity contribution in [2.45, 2.75) is 17.0 Å². The van der Waals surface area contributed by atoms with Crippen molar-refractivity contribution < 1.29 is 8.42 Å². The van der Waals surface area contributed by atoms with Crippen LogP contribution in [0.2, 0.25) is 0 Å². The second kappa shape index (κ2) is 8.45. The lowest BCUT2D eigenvalue weighted by molar-refractivity contribution is 0.597. The van der Waals surface area contributed by atoms with E-state index in [-0.39, 0.29) is 17.1 Å². The number of sulfone groups is 1. The Morgan fingerprint density at radius 3 is 2.33 bits per heavy atom. The summed E-state index contributed by atoms with van der Waals surface area (Å²) in [7, 11) is -3.40. The normalized spacial score (nSPS) is 11.6. The number of hydrogen-bond acceptors (Lipinski definition) is 5. The molecule has 0 aliphatic heterocycles. The lowest BCUT2D eigenvalue weighted by atomic mass is 10.2. The molecule has 0 aliphatic carbocycles. The number of thioether (sulfide) groups is 1. The Hall–Kier alpha value is -2.90. The van der Waals surface area contributed by atoms with Crippen LogP contribution in [0.5, 0.6) is 0 Å². The van der Waals surface area contributed by atoms with Crippen LogP contribution in [0.15, 0.2) is 93.7 Å². The molecule has 0 unspecified atom stereocenters. The van der Waals surface area contributed by atoms with Crippen LogP contribution in [0, 0.1) is 6.92 Å². The maximum absolute atomic E-state index is 13.3. The van der Waals surface area contributed by atoms with Crippen molar-refractivity contribution in [1.82, 2.24) is 9.55 Å². The molecule has 0 amide bonds. The van der Waals surface area contributed by atoms with E-state index in [1.165, 1.54) is 11.8 Å². The molecule has 4 rings (SSSR count). The number of rotatable bonds is 6. The molecule has 4 aromatic rings. The summed E-state index contributed by atoms with van der Waals surface area (Å²) in [6.07, 6.45) is 0. The minimum atomic E-state index is -3.40. The minimum absolute atomic E-state index is 0.0435. The quantitative estimate of drug-likeness (QED) is 0.334. The van der Waals surface area contributed by atoms with Gasteiger partial charge in [0.25, 0.3) is 5.56 Å².